The highest BCUT2D eigenvalue weighted by Gasteiger charge is 2.28. The van der Waals surface area contributed by atoms with Gasteiger partial charge < -0.3 is 10.1 Å². The van der Waals surface area contributed by atoms with Crippen LogP contribution in [0.2, 0.25) is 0 Å². The molecule has 18 heavy (non-hydrogen) atoms. The van der Waals surface area contributed by atoms with Crippen LogP contribution in [0.3, 0.4) is 0 Å². The van der Waals surface area contributed by atoms with E-state index in [1.807, 2.05) is 13.0 Å². The second-order valence-corrected chi connectivity index (χ2v) is 5.92. The van der Waals surface area contributed by atoms with Crippen molar-refractivity contribution in [3.8, 4) is 0 Å². The number of carbonyl (C=O) groups is 1. The number of hydrogen-bond acceptors (Lipinski definition) is 3. The number of aromatic amines is 1. The first-order valence-corrected chi connectivity index (χ1v) is 6.38. The standard InChI is InChI=1S/C13H21N3O2/c1-8-5-6-9(18-8)12(17)14-11-7-10(15-16-11)13(2,3)4/h7-9H,5-6H2,1-4H3,(H2,14,15,16,17). The lowest BCUT2D eigenvalue weighted by molar-refractivity contribution is -0.126. The van der Waals surface area contributed by atoms with Gasteiger partial charge >= 0.3 is 0 Å². The maximum atomic E-state index is 11.9. The Morgan fingerprint density at radius 3 is 2.72 bits per heavy atom. The fourth-order valence-electron chi connectivity index (χ4n) is 1.97. The van der Waals surface area contributed by atoms with Gasteiger partial charge in [0.15, 0.2) is 5.82 Å². The summed E-state index contributed by atoms with van der Waals surface area (Å²) in [7, 11) is 0. The molecule has 0 spiro atoms. The smallest absolute Gasteiger partial charge is 0.254 e. The summed E-state index contributed by atoms with van der Waals surface area (Å²) < 4.78 is 5.52. The Balaban J connectivity index is 1.97. The van der Waals surface area contributed by atoms with E-state index in [1.165, 1.54) is 0 Å². The van der Waals surface area contributed by atoms with Crippen LogP contribution in [-0.2, 0) is 14.9 Å². The molecule has 2 atom stereocenters. The summed E-state index contributed by atoms with van der Waals surface area (Å²) in [5.41, 5.74) is 0.993. The van der Waals surface area contributed by atoms with E-state index < -0.39 is 0 Å². The predicted octanol–water partition coefficient (Wildman–Crippen LogP) is 2.21. The number of nitrogens with zero attached hydrogens (tertiary/aromatic N) is 1. The summed E-state index contributed by atoms with van der Waals surface area (Å²) in [5, 5.41) is 9.84. The van der Waals surface area contributed by atoms with Gasteiger partial charge in [-0.15, -0.1) is 0 Å². The van der Waals surface area contributed by atoms with E-state index >= 15 is 0 Å². The average Bonchev–Trinajstić information content (AvgIpc) is 2.85. The van der Waals surface area contributed by atoms with Crippen LogP contribution in [0.25, 0.3) is 0 Å². The minimum Gasteiger partial charge on any atom is -0.365 e. The van der Waals surface area contributed by atoms with E-state index in [0.717, 1.165) is 18.5 Å². The molecule has 5 heteroatoms. The Kier molecular flexibility index (Phi) is 3.43. The second kappa shape index (κ2) is 4.72. The summed E-state index contributed by atoms with van der Waals surface area (Å²) in [6.07, 6.45) is 1.55. The van der Waals surface area contributed by atoms with Crippen LogP contribution in [-0.4, -0.2) is 28.3 Å². The first-order chi connectivity index (χ1) is 8.36. The van der Waals surface area contributed by atoms with Crippen molar-refractivity contribution in [1.29, 1.82) is 0 Å². The van der Waals surface area contributed by atoms with E-state index in [1.54, 1.807) is 0 Å². The lowest BCUT2D eigenvalue weighted by Crippen LogP contribution is -2.27. The van der Waals surface area contributed by atoms with Crippen molar-refractivity contribution in [3.05, 3.63) is 11.8 Å². The molecule has 1 aromatic rings. The number of aromatic nitrogens is 2. The van der Waals surface area contributed by atoms with Crippen LogP contribution < -0.4 is 5.32 Å². The fraction of sp³-hybridized carbons (Fsp3) is 0.692. The van der Waals surface area contributed by atoms with E-state index in [9.17, 15) is 4.79 Å². The summed E-state index contributed by atoms with van der Waals surface area (Å²) in [6.45, 7) is 8.26. The van der Waals surface area contributed by atoms with E-state index in [-0.39, 0.29) is 23.5 Å². The molecule has 0 aromatic carbocycles. The van der Waals surface area contributed by atoms with Crippen molar-refractivity contribution in [3.63, 3.8) is 0 Å². The molecule has 0 radical (unpaired) electrons. The number of amides is 1. The third-order valence-electron chi connectivity index (χ3n) is 3.16. The van der Waals surface area contributed by atoms with Crippen LogP contribution in [0.1, 0.15) is 46.2 Å². The number of anilines is 1. The lowest BCUT2D eigenvalue weighted by atomic mass is 9.92. The highest BCUT2D eigenvalue weighted by Crippen LogP contribution is 2.23. The van der Waals surface area contributed by atoms with Gasteiger partial charge in [0, 0.05) is 17.2 Å². The van der Waals surface area contributed by atoms with Crippen LogP contribution in [0.4, 0.5) is 5.82 Å². The Morgan fingerprint density at radius 2 is 2.22 bits per heavy atom. The zero-order chi connectivity index (χ0) is 13.3. The molecule has 0 saturated carbocycles. The number of carbonyl (C=O) groups excluding carboxylic acids is 1. The molecule has 1 fully saturated rings. The van der Waals surface area contributed by atoms with E-state index in [2.05, 4.69) is 36.3 Å². The number of ether oxygens (including phenoxy) is 1. The summed E-state index contributed by atoms with van der Waals surface area (Å²) in [6, 6.07) is 1.87. The van der Waals surface area contributed by atoms with Crippen LogP contribution in [0.15, 0.2) is 6.07 Å². The van der Waals surface area contributed by atoms with Gasteiger partial charge in [0.25, 0.3) is 5.91 Å². The highest BCUT2D eigenvalue weighted by atomic mass is 16.5. The summed E-state index contributed by atoms with van der Waals surface area (Å²) in [4.78, 5) is 11.9. The molecule has 0 bridgehead atoms. The Bertz CT molecular complexity index is 434. The van der Waals surface area contributed by atoms with Crippen LogP contribution in [0, 0.1) is 0 Å². The van der Waals surface area contributed by atoms with Gasteiger partial charge in [-0.1, -0.05) is 20.8 Å². The minimum absolute atomic E-state index is 0.00560. The monoisotopic (exact) mass is 251 g/mol. The van der Waals surface area contributed by atoms with Crippen molar-refractivity contribution in [2.45, 2.75) is 58.2 Å². The van der Waals surface area contributed by atoms with Crippen molar-refractivity contribution in [2.75, 3.05) is 5.32 Å². The summed E-state index contributed by atoms with van der Waals surface area (Å²) in [5.74, 6) is 0.458. The minimum atomic E-state index is -0.338. The largest absolute Gasteiger partial charge is 0.365 e. The lowest BCUT2D eigenvalue weighted by Gasteiger charge is -2.14. The van der Waals surface area contributed by atoms with E-state index in [4.69, 9.17) is 4.74 Å². The van der Waals surface area contributed by atoms with Crippen molar-refractivity contribution >= 4 is 11.7 Å². The SMILES string of the molecule is CC1CCC(C(=O)Nc2cc(C(C)(C)C)[nH]n2)O1. The molecule has 2 unspecified atom stereocenters. The van der Waals surface area contributed by atoms with Gasteiger partial charge in [0.1, 0.15) is 6.10 Å². The molecule has 2 N–H and O–H groups in total. The molecule has 0 aliphatic carbocycles. The molecule has 1 aliphatic heterocycles. The number of hydrogen-bond donors (Lipinski definition) is 2. The predicted molar refractivity (Wildman–Crippen MR) is 69.5 cm³/mol. The molecule has 2 rings (SSSR count). The number of rotatable bonds is 2. The number of nitrogens with one attached hydrogen (secondary N) is 2. The molecule has 5 nitrogen and oxygen atoms in total. The molecule has 100 valence electrons. The van der Waals surface area contributed by atoms with Crippen molar-refractivity contribution in [1.82, 2.24) is 10.2 Å². The Hall–Kier alpha value is -1.36. The first kappa shape index (κ1) is 13.1. The third-order valence-corrected chi connectivity index (χ3v) is 3.16. The van der Waals surface area contributed by atoms with E-state index in [0.29, 0.717) is 5.82 Å². The molecule has 2 heterocycles. The maximum absolute atomic E-state index is 11.9. The van der Waals surface area contributed by atoms with Gasteiger partial charge in [-0.25, -0.2) is 0 Å². The zero-order valence-corrected chi connectivity index (χ0v) is 11.4. The Morgan fingerprint density at radius 1 is 1.50 bits per heavy atom. The van der Waals surface area contributed by atoms with Crippen LogP contribution in [0.5, 0.6) is 0 Å². The molecule has 1 saturated heterocycles. The number of H-pyrrole nitrogens is 1. The highest BCUT2D eigenvalue weighted by molar-refractivity contribution is 5.93. The topological polar surface area (TPSA) is 67.0 Å². The van der Waals surface area contributed by atoms with Crippen LogP contribution >= 0.6 is 0 Å². The molecular formula is C13H21N3O2. The average molecular weight is 251 g/mol. The fourth-order valence-corrected chi connectivity index (χ4v) is 1.97. The molecular weight excluding hydrogens is 230 g/mol. The maximum Gasteiger partial charge on any atom is 0.254 e. The van der Waals surface area contributed by atoms with Gasteiger partial charge in [0.2, 0.25) is 0 Å². The zero-order valence-electron chi connectivity index (χ0n) is 11.4. The quantitative estimate of drug-likeness (QED) is 0.847. The molecule has 1 amide bonds. The first-order valence-electron chi connectivity index (χ1n) is 6.38. The second-order valence-electron chi connectivity index (χ2n) is 5.92. The third kappa shape index (κ3) is 2.90. The van der Waals surface area contributed by atoms with Gasteiger partial charge in [-0.05, 0) is 19.8 Å². The van der Waals surface area contributed by atoms with Gasteiger partial charge in [0.05, 0.1) is 6.10 Å². The van der Waals surface area contributed by atoms with Crippen molar-refractivity contribution in [2.24, 2.45) is 0 Å². The van der Waals surface area contributed by atoms with Gasteiger partial charge in [-0.2, -0.15) is 5.10 Å². The molecule has 1 aliphatic rings. The summed E-state index contributed by atoms with van der Waals surface area (Å²) >= 11 is 0. The van der Waals surface area contributed by atoms with Crippen molar-refractivity contribution < 1.29 is 9.53 Å². The normalized spacial score (nSPS) is 24.2. The van der Waals surface area contributed by atoms with Gasteiger partial charge in [-0.3, -0.25) is 9.89 Å². The molecule has 1 aromatic heterocycles. The Labute approximate surface area is 107 Å².